The molecule has 2 N–H and O–H groups in total. The third kappa shape index (κ3) is 1.91. The van der Waals surface area contributed by atoms with Crippen molar-refractivity contribution < 1.29 is 15.0 Å². The lowest BCUT2D eigenvalue weighted by Crippen LogP contribution is -2.54. The van der Waals surface area contributed by atoms with E-state index in [1.165, 1.54) is 0 Å². The second kappa shape index (κ2) is 3.87. The van der Waals surface area contributed by atoms with Crippen LogP contribution in [0.1, 0.15) is 25.7 Å². The largest absolute Gasteiger partial charge is 0.481 e. The molecule has 3 aliphatic rings. The molecule has 0 aromatic rings. The molecule has 2 saturated heterocycles. The molecule has 4 nitrogen and oxygen atoms in total. The molecule has 80 valence electrons. The third-order valence-corrected chi connectivity index (χ3v) is 3.53. The van der Waals surface area contributed by atoms with E-state index in [2.05, 4.69) is 4.90 Å². The molecule has 4 heteroatoms. The Balaban J connectivity index is 1.87. The van der Waals surface area contributed by atoms with Gasteiger partial charge in [-0.05, 0) is 25.2 Å². The van der Waals surface area contributed by atoms with Crippen LogP contribution in [0.3, 0.4) is 0 Å². The van der Waals surface area contributed by atoms with Crippen molar-refractivity contribution in [2.75, 3.05) is 13.1 Å². The zero-order chi connectivity index (χ0) is 10.1. The highest BCUT2D eigenvalue weighted by Gasteiger charge is 2.39. The summed E-state index contributed by atoms with van der Waals surface area (Å²) in [5.41, 5.74) is 0. The lowest BCUT2D eigenvalue weighted by molar-refractivity contribution is -0.138. The predicted octanol–water partition coefficient (Wildman–Crippen LogP) is 0.306. The summed E-state index contributed by atoms with van der Waals surface area (Å²) < 4.78 is 0. The van der Waals surface area contributed by atoms with Crippen molar-refractivity contribution in [2.45, 2.75) is 37.8 Å². The lowest BCUT2D eigenvalue weighted by atomic mass is 9.78. The molecule has 3 unspecified atom stereocenters. The summed E-state index contributed by atoms with van der Waals surface area (Å²) in [5, 5.41) is 18.2. The van der Waals surface area contributed by atoms with E-state index in [9.17, 15) is 9.90 Å². The number of aliphatic hydroxyl groups excluding tert-OH is 1. The quantitative estimate of drug-likeness (QED) is 0.686. The van der Waals surface area contributed by atoms with Crippen LogP contribution in [0.2, 0.25) is 0 Å². The summed E-state index contributed by atoms with van der Waals surface area (Å²) >= 11 is 0. The van der Waals surface area contributed by atoms with Crippen molar-refractivity contribution in [1.82, 2.24) is 4.90 Å². The summed E-state index contributed by atoms with van der Waals surface area (Å²) in [6, 6.07) is 0.425. The number of hydrogen-bond acceptors (Lipinski definition) is 3. The molecule has 3 rings (SSSR count). The van der Waals surface area contributed by atoms with E-state index in [-0.39, 0.29) is 12.5 Å². The Labute approximate surface area is 83.5 Å². The standard InChI is InChI=1S/C10H17NO3/c12-9-5-8-2-1-7(9)6-11(8)4-3-10(13)14/h7-9,12H,1-6H2,(H,13,14). The smallest absolute Gasteiger partial charge is 0.304 e. The van der Waals surface area contributed by atoms with Crippen LogP contribution >= 0.6 is 0 Å². The fourth-order valence-corrected chi connectivity index (χ4v) is 2.70. The first-order valence-electron chi connectivity index (χ1n) is 5.30. The number of piperidine rings is 2. The number of aliphatic carboxylic acids is 1. The van der Waals surface area contributed by atoms with E-state index < -0.39 is 5.97 Å². The van der Waals surface area contributed by atoms with Gasteiger partial charge in [0.2, 0.25) is 0 Å². The van der Waals surface area contributed by atoms with Gasteiger partial charge in [-0.15, -0.1) is 0 Å². The summed E-state index contributed by atoms with van der Waals surface area (Å²) in [6.45, 7) is 1.53. The molecule has 0 amide bonds. The van der Waals surface area contributed by atoms with E-state index in [0.717, 1.165) is 25.8 Å². The SMILES string of the molecule is O=C(O)CCN1CC2CCC1CC2O. The molecule has 0 radical (unpaired) electrons. The van der Waals surface area contributed by atoms with Gasteiger partial charge in [0.05, 0.1) is 12.5 Å². The molecule has 0 aromatic heterocycles. The maximum Gasteiger partial charge on any atom is 0.304 e. The monoisotopic (exact) mass is 199 g/mol. The molecule has 3 atom stereocenters. The van der Waals surface area contributed by atoms with E-state index >= 15 is 0 Å². The fourth-order valence-electron chi connectivity index (χ4n) is 2.70. The zero-order valence-corrected chi connectivity index (χ0v) is 8.22. The van der Waals surface area contributed by atoms with Gasteiger partial charge in [0.1, 0.15) is 0 Å². The number of fused-ring (bicyclic) bond motifs is 3. The summed E-state index contributed by atoms with van der Waals surface area (Å²) in [5.74, 6) is -0.346. The number of nitrogens with zero attached hydrogens (tertiary/aromatic N) is 1. The fraction of sp³-hybridized carbons (Fsp3) is 0.900. The molecular weight excluding hydrogens is 182 g/mol. The van der Waals surface area contributed by atoms with Gasteiger partial charge in [0.15, 0.2) is 0 Å². The maximum absolute atomic E-state index is 10.4. The van der Waals surface area contributed by atoms with Gasteiger partial charge in [-0.3, -0.25) is 9.69 Å². The topological polar surface area (TPSA) is 60.8 Å². The first kappa shape index (κ1) is 9.93. The molecule has 2 bridgehead atoms. The summed E-state index contributed by atoms with van der Waals surface area (Å²) in [4.78, 5) is 12.7. The van der Waals surface area contributed by atoms with Crippen LogP contribution in [0.5, 0.6) is 0 Å². The number of carbonyl (C=O) groups is 1. The van der Waals surface area contributed by atoms with Crippen LogP contribution < -0.4 is 0 Å². The Hall–Kier alpha value is -0.610. The van der Waals surface area contributed by atoms with Crippen molar-refractivity contribution in [3.8, 4) is 0 Å². The van der Waals surface area contributed by atoms with Crippen LogP contribution in [-0.4, -0.2) is 46.3 Å². The minimum absolute atomic E-state index is 0.144. The van der Waals surface area contributed by atoms with Gasteiger partial charge in [-0.1, -0.05) is 0 Å². The van der Waals surface area contributed by atoms with Crippen molar-refractivity contribution >= 4 is 5.97 Å². The molecule has 3 fully saturated rings. The second-order valence-electron chi connectivity index (χ2n) is 4.43. The van der Waals surface area contributed by atoms with E-state index in [1.807, 2.05) is 0 Å². The van der Waals surface area contributed by atoms with Crippen LogP contribution in [0, 0.1) is 5.92 Å². The van der Waals surface area contributed by atoms with Crippen LogP contribution in [0.4, 0.5) is 0 Å². The molecular formula is C10H17NO3. The summed E-state index contributed by atoms with van der Waals surface area (Å²) in [6.07, 6.45) is 3.15. The Morgan fingerprint density at radius 1 is 1.43 bits per heavy atom. The highest BCUT2D eigenvalue weighted by atomic mass is 16.4. The van der Waals surface area contributed by atoms with Crippen LogP contribution in [-0.2, 0) is 4.79 Å². The second-order valence-corrected chi connectivity index (χ2v) is 4.43. The minimum Gasteiger partial charge on any atom is -0.481 e. The Morgan fingerprint density at radius 3 is 2.71 bits per heavy atom. The lowest BCUT2D eigenvalue weighted by Gasteiger charge is -2.47. The average molecular weight is 199 g/mol. The molecule has 0 spiro atoms. The Kier molecular flexibility index (Phi) is 2.74. The highest BCUT2D eigenvalue weighted by Crippen LogP contribution is 2.34. The van der Waals surface area contributed by atoms with Crippen molar-refractivity contribution in [1.29, 1.82) is 0 Å². The van der Waals surface area contributed by atoms with Gasteiger partial charge in [0.25, 0.3) is 0 Å². The predicted molar refractivity (Wildman–Crippen MR) is 51.0 cm³/mol. The van der Waals surface area contributed by atoms with E-state index in [1.54, 1.807) is 0 Å². The Bertz CT molecular complexity index is 231. The molecule has 14 heavy (non-hydrogen) atoms. The first-order valence-corrected chi connectivity index (χ1v) is 5.30. The molecule has 1 saturated carbocycles. The summed E-state index contributed by atoms with van der Waals surface area (Å²) in [7, 11) is 0. The maximum atomic E-state index is 10.4. The van der Waals surface area contributed by atoms with Crippen molar-refractivity contribution in [3.63, 3.8) is 0 Å². The molecule has 2 aliphatic heterocycles. The third-order valence-electron chi connectivity index (χ3n) is 3.53. The zero-order valence-electron chi connectivity index (χ0n) is 8.22. The molecule has 2 heterocycles. The average Bonchev–Trinajstić information content (AvgIpc) is 2.16. The van der Waals surface area contributed by atoms with Crippen LogP contribution in [0.15, 0.2) is 0 Å². The van der Waals surface area contributed by atoms with Gasteiger partial charge in [-0.25, -0.2) is 0 Å². The molecule has 1 aliphatic carbocycles. The first-order chi connectivity index (χ1) is 6.66. The van der Waals surface area contributed by atoms with Crippen LogP contribution in [0.25, 0.3) is 0 Å². The number of carboxylic acid groups (broad SMARTS) is 1. The Morgan fingerprint density at radius 2 is 2.21 bits per heavy atom. The van der Waals surface area contributed by atoms with Gasteiger partial charge >= 0.3 is 5.97 Å². The minimum atomic E-state index is -0.730. The van der Waals surface area contributed by atoms with E-state index in [0.29, 0.717) is 18.5 Å². The van der Waals surface area contributed by atoms with Crippen molar-refractivity contribution in [2.24, 2.45) is 5.92 Å². The molecule has 0 aromatic carbocycles. The van der Waals surface area contributed by atoms with Gasteiger partial charge in [0, 0.05) is 19.1 Å². The van der Waals surface area contributed by atoms with Gasteiger partial charge in [-0.2, -0.15) is 0 Å². The van der Waals surface area contributed by atoms with E-state index in [4.69, 9.17) is 5.11 Å². The number of hydrogen-bond donors (Lipinski definition) is 2. The normalized spacial score (nSPS) is 37.4. The van der Waals surface area contributed by atoms with Gasteiger partial charge < -0.3 is 10.2 Å². The van der Waals surface area contributed by atoms with Crippen molar-refractivity contribution in [3.05, 3.63) is 0 Å². The number of carboxylic acids is 1. The number of aliphatic hydroxyl groups is 1. The number of rotatable bonds is 3. The highest BCUT2D eigenvalue weighted by molar-refractivity contribution is 5.66.